The molecule has 1 unspecified atom stereocenters. The molecule has 8 nitrogen and oxygen atoms in total. The number of aliphatic hydroxyl groups excluding tert-OH is 1. The summed E-state index contributed by atoms with van der Waals surface area (Å²) in [5, 5.41) is 24.3. The number of benzene rings is 2. The predicted molar refractivity (Wildman–Crippen MR) is 93.4 cm³/mol. The van der Waals surface area contributed by atoms with Crippen LogP contribution in [0.5, 0.6) is 5.75 Å². The number of nitrogens with zero attached hydrogens (tertiary/aromatic N) is 4. The molecule has 2 aromatic carbocycles. The number of aliphatic hydroxyl groups is 1. The van der Waals surface area contributed by atoms with Gasteiger partial charge in [0.05, 0.1) is 13.2 Å². The van der Waals surface area contributed by atoms with Crippen molar-refractivity contribution in [1.82, 2.24) is 20.6 Å². The van der Waals surface area contributed by atoms with Crippen molar-refractivity contribution in [3.63, 3.8) is 0 Å². The molecule has 1 aliphatic heterocycles. The number of hydrogen-bond acceptors (Lipinski definition) is 6. The van der Waals surface area contributed by atoms with Crippen LogP contribution in [-0.4, -0.2) is 38.7 Å². The Hall–Kier alpha value is -3.68. The quantitative estimate of drug-likeness (QED) is 0.749. The third-order valence-electron chi connectivity index (χ3n) is 4.27. The van der Waals surface area contributed by atoms with Crippen LogP contribution in [-0.2, 0) is 4.79 Å². The molecule has 0 radical (unpaired) electrons. The van der Waals surface area contributed by atoms with Crippen LogP contribution in [0.25, 0.3) is 5.57 Å². The molecule has 0 saturated carbocycles. The van der Waals surface area contributed by atoms with Crippen LogP contribution < -0.4 is 9.64 Å². The fourth-order valence-corrected chi connectivity index (χ4v) is 3.08. The fraction of sp³-hybridized carbons (Fsp3) is 0.111. The third kappa shape index (κ3) is 2.48. The zero-order chi connectivity index (χ0) is 18.1. The first kappa shape index (κ1) is 15.8. The lowest BCUT2D eigenvalue weighted by Crippen LogP contribution is -2.31. The molecule has 0 saturated heterocycles. The highest BCUT2D eigenvalue weighted by Crippen LogP contribution is 2.44. The summed E-state index contributed by atoms with van der Waals surface area (Å²) in [4.78, 5) is 14.1. The Balaban J connectivity index is 1.88. The first-order chi connectivity index (χ1) is 12.7. The van der Waals surface area contributed by atoms with E-state index in [0.29, 0.717) is 11.3 Å². The Morgan fingerprint density at radius 3 is 2.46 bits per heavy atom. The number of amides is 1. The summed E-state index contributed by atoms with van der Waals surface area (Å²) in [5.74, 6) is -0.125. The van der Waals surface area contributed by atoms with Gasteiger partial charge in [-0.3, -0.25) is 9.69 Å². The molecule has 2 N–H and O–H groups in total. The number of carbonyl (C=O) groups is 1. The number of H-pyrrole nitrogens is 1. The Kier molecular flexibility index (Phi) is 3.85. The van der Waals surface area contributed by atoms with Crippen LogP contribution in [0.15, 0.2) is 60.4 Å². The van der Waals surface area contributed by atoms with E-state index in [4.69, 9.17) is 4.74 Å². The second kappa shape index (κ2) is 6.32. The molecule has 8 heteroatoms. The van der Waals surface area contributed by atoms with Crippen molar-refractivity contribution in [1.29, 1.82) is 0 Å². The summed E-state index contributed by atoms with van der Waals surface area (Å²) in [6.07, 6.45) is 0. The maximum atomic E-state index is 12.8. The maximum absolute atomic E-state index is 12.8. The van der Waals surface area contributed by atoms with Gasteiger partial charge < -0.3 is 9.84 Å². The standard InChI is InChI=1S/C18H15N5O3/c1-26-13-9-7-12(8-10-13)15-14(11-5-3-2-4-6-11)16(24)17(25)23(15)18-19-21-22-20-18/h2-10,15,24H,1H3,(H,19,20,21,22). The Morgan fingerprint density at radius 2 is 1.85 bits per heavy atom. The molecule has 0 bridgehead atoms. The zero-order valence-electron chi connectivity index (χ0n) is 13.8. The Labute approximate surface area is 148 Å². The van der Waals surface area contributed by atoms with Crippen LogP contribution >= 0.6 is 0 Å². The minimum absolute atomic E-state index is 0.0910. The summed E-state index contributed by atoms with van der Waals surface area (Å²) in [6.45, 7) is 0. The average Bonchev–Trinajstić information content (AvgIpc) is 3.30. The average molecular weight is 349 g/mol. The summed E-state index contributed by atoms with van der Waals surface area (Å²) in [6, 6.07) is 15.9. The number of anilines is 1. The van der Waals surface area contributed by atoms with Crippen molar-refractivity contribution in [3.05, 3.63) is 71.5 Å². The summed E-state index contributed by atoms with van der Waals surface area (Å²) < 4.78 is 5.20. The van der Waals surface area contributed by atoms with E-state index in [1.807, 2.05) is 42.5 Å². The van der Waals surface area contributed by atoms with E-state index in [9.17, 15) is 9.90 Å². The zero-order valence-corrected chi connectivity index (χ0v) is 13.8. The van der Waals surface area contributed by atoms with E-state index in [1.54, 1.807) is 19.2 Å². The van der Waals surface area contributed by atoms with Crippen molar-refractivity contribution < 1.29 is 14.6 Å². The van der Waals surface area contributed by atoms with E-state index in [2.05, 4.69) is 20.6 Å². The van der Waals surface area contributed by atoms with Crippen LogP contribution in [0, 0.1) is 0 Å². The van der Waals surface area contributed by atoms with Crippen LogP contribution in [0.2, 0.25) is 0 Å². The SMILES string of the molecule is COc1ccc(C2C(c3ccccc3)=C(O)C(=O)N2c2nn[nH]n2)cc1. The molecule has 0 aliphatic carbocycles. The van der Waals surface area contributed by atoms with Crippen molar-refractivity contribution in [3.8, 4) is 5.75 Å². The summed E-state index contributed by atoms with van der Waals surface area (Å²) in [7, 11) is 1.58. The molecule has 1 aliphatic rings. The molecular formula is C18H15N5O3. The smallest absolute Gasteiger partial charge is 0.296 e. The highest BCUT2D eigenvalue weighted by Gasteiger charge is 2.43. The summed E-state index contributed by atoms with van der Waals surface area (Å²) >= 11 is 0. The van der Waals surface area contributed by atoms with E-state index >= 15 is 0 Å². The first-order valence-electron chi connectivity index (χ1n) is 7.90. The van der Waals surface area contributed by atoms with E-state index < -0.39 is 11.9 Å². The van der Waals surface area contributed by atoms with Gasteiger partial charge in [-0.05, 0) is 28.5 Å². The molecular weight excluding hydrogens is 334 g/mol. The molecule has 0 fully saturated rings. The molecule has 3 aromatic rings. The highest BCUT2D eigenvalue weighted by atomic mass is 16.5. The first-order valence-corrected chi connectivity index (χ1v) is 7.90. The van der Waals surface area contributed by atoms with E-state index in [0.717, 1.165) is 11.1 Å². The normalized spacial score (nSPS) is 17.0. The molecule has 0 spiro atoms. The monoisotopic (exact) mass is 349 g/mol. The minimum Gasteiger partial charge on any atom is -0.503 e. The van der Waals surface area contributed by atoms with Crippen molar-refractivity contribution in [2.45, 2.75) is 6.04 Å². The lowest BCUT2D eigenvalue weighted by atomic mass is 9.93. The van der Waals surface area contributed by atoms with Crippen molar-refractivity contribution >= 4 is 17.4 Å². The highest BCUT2D eigenvalue weighted by molar-refractivity contribution is 6.15. The van der Waals surface area contributed by atoms with Gasteiger partial charge in [-0.1, -0.05) is 47.6 Å². The Morgan fingerprint density at radius 1 is 1.12 bits per heavy atom. The number of rotatable bonds is 4. The van der Waals surface area contributed by atoms with E-state index in [1.165, 1.54) is 4.90 Å². The van der Waals surface area contributed by atoms with Gasteiger partial charge in [-0.2, -0.15) is 5.21 Å². The third-order valence-corrected chi connectivity index (χ3v) is 4.27. The van der Waals surface area contributed by atoms with Crippen molar-refractivity contribution in [2.75, 3.05) is 12.0 Å². The minimum atomic E-state index is -0.589. The van der Waals surface area contributed by atoms with Gasteiger partial charge in [0.1, 0.15) is 5.75 Å². The Bertz CT molecular complexity index is 952. The maximum Gasteiger partial charge on any atom is 0.296 e. The van der Waals surface area contributed by atoms with Crippen LogP contribution in [0.4, 0.5) is 5.95 Å². The largest absolute Gasteiger partial charge is 0.503 e. The summed E-state index contributed by atoms with van der Waals surface area (Å²) in [5.41, 5.74) is 2.02. The van der Waals surface area contributed by atoms with Gasteiger partial charge in [-0.25, -0.2) is 0 Å². The molecule has 1 amide bonds. The van der Waals surface area contributed by atoms with Crippen LogP contribution in [0.3, 0.4) is 0 Å². The second-order valence-electron chi connectivity index (χ2n) is 5.69. The number of nitrogens with one attached hydrogen (secondary N) is 1. The molecule has 1 atom stereocenters. The van der Waals surface area contributed by atoms with Crippen molar-refractivity contribution in [2.24, 2.45) is 0 Å². The number of aromatic amines is 1. The number of ether oxygens (including phenoxy) is 1. The number of tetrazole rings is 1. The van der Waals surface area contributed by atoms with Gasteiger partial charge in [0, 0.05) is 5.57 Å². The van der Waals surface area contributed by atoms with Gasteiger partial charge in [-0.15, -0.1) is 5.10 Å². The van der Waals surface area contributed by atoms with Gasteiger partial charge in [0.15, 0.2) is 5.76 Å². The molecule has 4 rings (SSSR count). The molecule has 2 heterocycles. The predicted octanol–water partition coefficient (Wildman–Crippen LogP) is 2.27. The van der Waals surface area contributed by atoms with Gasteiger partial charge >= 0.3 is 0 Å². The topological polar surface area (TPSA) is 104 Å². The fourth-order valence-electron chi connectivity index (χ4n) is 3.08. The molecule has 130 valence electrons. The van der Waals surface area contributed by atoms with Gasteiger partial charge in [0.25, 0.3) is 11.9 Å². The van der Waals surface area contributed by atoms with E-state index in [-0.39, 0.29) is 11.7 Å². The molecule has 1 aromatic heterocycles. The number of methoxy groups -OCH3 is 1. The second-order valence-corrected chi connectivity index (χ2v) is 5.69. The lowest BCUT2D eigenvalue weighted by Gasteiger charge is -2.24. The lowest BCUT2D eigenvalue weighted by molar-refractivity contribution is -0.117. The number of carbonyl (C=O) groups excluding carboxylic acids is 1. The van der Waals surface area contributed by atoms with Crippen LogP contribution in [0.1, 0.15) is 17.2 Å². The molecule has 26 heavy (non-hydrogen) atoms. The number of hydrogen-bond donors (Lipinski definition) is 2. The van der Waals surface area contributed by atoms with Gasteiger partial charge in [0.2, 0.25) is 0 Å². The number of aromatic nitrogens is 4.